The molecule has 1 heterocycles. The van der Waals surface area contributed by atoms with Crippen LogP contribution in [0.3, 0.4) is 0 Å². The van der Waals surface area contributed by atoms with E-state index >= 15 is 0 Å². The fourth-order valence-electron chi connectivity index (χ4n) is 0.725. The Labute approximate surface area is 77.6 Å². The van der Waals surface area contributed by atoms with Crippen molar-refractivity contribution < 1.29 is 8.42 Å². The normalized spacial score (nSPS) is 12.2. The van der Waals surface area contributed by atoms with Crippen molar-refractivity contribution in [3.8, 4) is 0 Å². The van der Waals surface area contributed by atoms with Crippen LogP contribution in [0.25, 0.3) is 0 Å². The van der Waals surface area contributed by atoms with E-state index in [2.05, 4.69) is 14.9 Å². The lowest BCUT2D eigenvalue weighted by atomic mass is 10.4. The summed E-state index contributed by atoms with van der Waals surface area (Å²) < 4.78 is 25.0. The summed E-state index contributed by atoms with van der Waals surface area (Å²) in [5.74, 6) is 0. The monoisotopic (exact) mass is 203 g/mol. The number of hydrogen-bond acceptors (Lipinski definition) is 3. The van der Waals surface area contributed by atoms with Crippen LogP contribution in [0.15, 0.2) is 12.4 Å². The van der Waals surface area contributed by atoms with Crippen LogP contribution < -0.4 is 4.72 Å². The molecule has 0 spiro atoms. The van der Waals surface area contributed by atoms with Gasteiger partial charge in [0.15, 0.2) is 0 Å². The minimum atomic E-state index is -3.17. The average Bonchev–Trinajstić information content (AvgIpc) is 2.52. The summed E-state index contributed by atoms with van der Waals surface area (Å²) in [6, 6.07) is 0. The third-order valence-electron chi connectivity index (χ3n) is 1.65. The van der Waals surface area contributed by atoms with Gasteiger partial charge < -0.3 is 0 Å². The second-order valence-electron chi connectivity index (χ2n) is 3.02. The molecular formula is C7H13N3O2S. The van der Waals surface area contributed by atoms with Gasteiger partial charge in [-0.1, -0.05) is 0 Å². The van der Waals surface area contributed by atoms with Gasteiger partial charge >= 0.3 is 0 Å². The SMILES string of the molecule is CC(C)S(=O)(=O)NCc1cn[nH]c1. The highest BCUT2D eigenvalue weighted by molar-refractivity contribution is 7.90. The first-order chi connectivity index (χ1) is 6.02. The smallest absolute Gasteiger partial charge is 0.214 e. The molecule has 6 heteroatoms. The lowest BCUT2D eigenvalue weighted by molar-refractivity contribution is 0.572. The summed E-state index contributed by atoms with van der Waals surface area (Å²) in [7, 11) is -3.17. The molecule has 0 radical (unpaired) electrons. The number of nitrogens with one attached hydrogen (secondary N) is 2. The van der Waals surface area contributed by atoms with E-state index in [0.29, 0.717) is 0 Å². The zero-order valence-electron chi connectivity index (χ0n) is 7.61. The third kappa shape index (κ3) is 2.82. The second-order valence-corrected chi connectivity index (χ2v) is 5.34. The Balaban J connectivity index is 2.53. The van der Waals surface area contributed by atoms with Crippen molar-refractivity contribution in [1.82, 2.24) is 14.9 Å². The van der Waals surface area contributed by atoms with Crippen molar-refractivity contribution in [2.75, 3.05) is 0 Å². The Kier molecular flexibility index (Phi) is 3.05. The van der Waals surface area contributed by atoms with Gasteiger partial charge in [-0.25, -0.2) is 13.1 Å². The van der Waals surface area contributed by atoms with E-state index < -0.39 is 15.3 Å². The van der Waals surface area contributed by atoms with Gasteiger partial charge in [-0.05, 0) is 13.8 Å². The van der Waals surface area contributed by atoms with Crippen molar-refractivity contribution in [2.45, 2.75) is 25.6 Å². The van der Waals surface area contributed by atoms with Gasteiger partial charge in [0.1, 0.15) is 0 Å². The number of rotatable bonds is 4. The van der Waals surface area contributed by atoms with Crippen LogP contribution in [0.4, 0.5) is 0 Å². The minimum Gasteiger partial charge on any atom is -0.285 e. The Morgan fingerprint density at radius 1 is 1.62 bits per heavy atom. The molecule has 1 aromatic rings. The third-order valence-corrected chi connectivity index (χ3v) is 3.44. The zero-order chi connectivity index (χ0) is 9.90. The molecule has 13 heavy (non-hydrogen) atoms. The Morgan fingerprint density at radius 2 is 2.31 bits per heavy atom. The van der Waals surface area contributed by atoms with Crippen LogP contribution in [-0.2, 0) is 16.6 Å². The van der Waals surface area contributed by atoms with Crippen LogP contribution >= 0.6 is 0 Å². The molecule has 0 unspecified atom stereocenters. The summed E-state index contributed by atoms with van der Waals surface area (Å²) in [6.07, 6.45) is 3.24. The summed E-state index contributed by atoms with van der Waals surface area (Å²) in [5.41, 5.74) is 0.823. The molecule has 0 amide bonds. The Hall–Kier alpha value is -0.880. The van der Waals surface area contributed by atoms with Crippen molar-refractivity contribution in [3.05, 3.63) is 18.0 Å². The van der Waals surface area contributed by atoms with Gasteiger partial charge in [-0.15, -0.1) is 0 Å². The van der Waals surface area contributed by atoms with Gasteiger partial charge in [-0.3, -0.25) is 5.10 Å². The van der Waals surface area contributed by atoms with Gasteiger partial charge in [0.2, 0.25) is 10.0 Å². The number of aromatic nitrogens is 2. The maximum atomic E-state index is 11.3. The second kappa shape index (κ2) is 3.89. The average molecular weight is 203 g/mol. The standard InChI is InChI=1S/C7H13N3O2S/c1-6(2)13(11,12)10-5-7-3-8-9-4-7/h3-4,6,10H,5H2,1-2H3,(H,8,9). The van der Waals surface area contributed by atoms with Crippen LogP contribution in [0.1, 0.15) is 19.4 Å². The molecule has 0 saturated carbocycles. The molecule has 1 aromatic heterocycles. The van der Waals surface area contributed by atoms with Crippen molar-refractivity contribution in [2.24, 2.45) is 0 Å². The molecule has 0 aromatic carbocycles. The molecule has 0 aliphatic heterocycles. The van der Waals surface area contributed by atoms with Gasteiger partial charge in [0.25, 0.3) is 0 Å². The highest BCUT2D eigenvalue weighted by Gasteiger charge is 2.14. The number of H-pyrrole nitrogens is 1. The molecule has 0 aliphatic rings. The molecule has 0 atom stereocenters. The molecule has 74 valence electrons. The van der Waals surface area contributed by atoms with Crippen LogP contribution in [0, 0.1) is 0 Å². The van der Waals surface area contributed by atoms with E-state index in [1.165, 1.54) is 0 Å². The van der Waals surface area contributed by atoms with Gasteiger partial charge in [0, 0.05) is 18.3 Å². The van der Waals surface area contributed by atoms with E-state index in [4.69, 9.17) is 0 Å². The highest BCUT2D eigenvalue weighted by Crippen LogP contribution is 1.99. The summed E-state index contributed by atoms with van der Waals surface area (Å²) in [5, 5.41) is 5.91. The van der Waals surface area contributed by atoms with E-state index in [1.54, 1.807) is 26.2 Å². The first kappa shape index (κ1) is 10.2. The number of nitrogens with zero attached hydrogens (tertiary/aromatic N) is 1. The number of sulfonamides is 1. The topological polar surface area (TPSA) is 74.8 Å². The Morgan fingerprint density at radius 3 is 2.77 bits per heavy atom. The zero-order valence-corrected chi connectivity index (χ0v) is 8.43. The molecule has 5 nitrogen and oxygen atoms in total. The molecule has 0 fully saturated rings. The van der Waals surface area contributed by atoms with Crippen molar-refractivity contribution >= 4 is 10.0 Å². The van der Waals surface area contributed by atoms with Crippen LogP contribution in [-0.4, -0.2) is 23.9 Å². The fourth-order valence-corrected chi connectivity index (χ4v) is 1.43. The first-order valence-electron chi connectivity index (χ1n) is 3.98. The largest absolute Gasteiger partial charge is 0.285 e. The molecule has 0 aliphatic carbocycles. The fraction of sp³-hybridized carbons (Fsp3) is 0.571. The van der Waals surface area contributed by atoms with Crippen molar-refractivity contribution in [1.29, 1.82) is 0 Å². The van der Waals surface area contributed by atoms with Gasteiger partial charge in [-0.2, -0.15) is 5.10 Å². The van der Waals surface area contributed by atoms with E-state index in [1.807, 2.05) is 0 Å². The quantitative estimate of drug-likeness (QED) is 0.736. The summed E-state index contributed by atoms with van der Waals surface area (Å²) >= 11 is 0. The lowest BCUT2D eigenvalue weighted by Crippen LogP contribution is -2.30. The molecule has 0 saturated heterocycles. The van der Waals surface area contributed by atoms with E-state index in [9.17, 15) is 8.42 Å². The molecule has 0 bridgehead atoms. The highest BCUT2D eigenvalue weighted by atomic mass is 32.2. The number of hydrogen-bond donors (Lipinski definition) is 2. The van der Waals surface area contributed by atoms with Crippen molar-refractivity contribution in [3.63, 3.8) is 0 Å². The van der Waals surface area contributed by atoms with Gasteiger partial charge in [0.05, 0.1) is 11.4 Å². The summed E-state index contributed by atoms with van der Waals surface area (Å²) in [6.45, 7) is 3.56. The minimum absolute atomic E-state index is 0.289. The first-order valence-corrected chi connectivity index (χ1v) is 5.53. The summed E-state index contributed by atoms with van der Waals surface area (Å²) in [4.78, 5) is 0. The molecule has 2 N–H and O–H groups in total. The molecule has 1 rings (SSSR count). The lowest BCUT2D eigenvalue weighted by Gasteiger charge is -2.07. The number of aromatic amines is 1. The van der Waals surface area contributed by atoms with Crippen LogP contribution in [0.5, 0.6) is 0 Å². The van der Waals surface area contributed by atoms with E-state index in [0.717, 1.165) is 5.56 Å². The predicted octanol–water partition coefficient (Wildman–Crippen LogP) is 0.237. The maximum absolute atomic E-state index is 11.3. The Bertz CT molecular complexity index is 342. The predicted molar refractivity (Wildman–Crippen MR) is 49.5 cm³/mol. The van der Waals surface area contributed by atoms with E-state index in [-0.39, 0.29) is 6.54 Å². The van der Waals surface area contributed by atoms with Crippen LogP contribution in [0.2, 0.25) is 0 Å². The maximum Gasteiger partial charge on any atom is 0.214 e. The molecular weight excluding hydrogens is 190 g/mol.